The molecule has 1 aliphatic heterocycles. The van der Waals surface area contributed by atoms with Crippen LogP contribution >= 0.6 is 0 Å². The van der Waals surface area contributed by atoms with E-state index < -0.39 is 11.7 Å². The highest BCUT2D eigenvalue weighted by Crippen LogP contribution is 2.38. The average Bonchev–Trinajstić information content (AvgIpc) is 3.49. The Labute approximate surface area is 191 Å². The summed E-state index contributed by atoms with van der Waals surface area (Å²) >= 11 is 0. The molecule has 33 heavy (non-hydrogen) atoms. The molecular formula is C22H27N9O2. The van der Waals surface area contributed by atoms with Crippen LogP contribution in [0, 0.1) is 5.92 Å². The molecule has 0 aromatic carbocycles. The lowest BCUT2D eigenvalue weighted by molar-refractivity contribution is -0.121. The molecule has 3 aromatic heterocycles. The maximum Gasteiger partial charge on any atom is 0.261 e. The maximum atomic E-state index is 11.6. The van der Waals surface area contributed by atoms with Crippen LogP contribution in [0.4, 0.5) is 0 Å². The van der Waals surface area contributed by atoms with E-state index >= 15 is 0 Å². The van der Waals surface area contributed by atoms with Crippen molar-refractivity contribution >= 4 is 17.7 Å². The predicted molar refractivity (Wildman–Crippen MR) is 123 cm³/mol. The molecule has 0 aliphatic carbocycles. The van der Waals surface area contributed by atoms with Crippen molar-refractivity contribution in [1.29, 1.82) is 0 Å². The number of pyridine rings is 1. The standard InChI is InChI=1S/C22H27N9O2/c1-13(2)22(3,16-5-6-17(25-10-16)14-7-26-21(23)27-8-14)20-29-19(33-30-20)15-9-28-31(11-15)12-18(32)24-4/h5-11,13,21,26H,12,23H2,1-4H3,(H,24,32). The molecule has 172 valence electrons. The molecule has 3 aromatic rings. The van der Waals surface area contributed by atoms with Crippen LogP contribution in [-0.2, 0) is 16.8 Å². The number of nitrogens with zero attached hydrogens (tertiary/aromatic N) is 6. The Hall–Kier alpha value is -3.86. The molecule has 1 aliphatic rings. The summed E-state index contributed by atoms with van der Waals surface area (Å²) in [5.74, 6) is 0.901. The molecule has 0 bridgehead atoms. The molecule has 4 N–H and O–H groups in total. The molecule has 0 saturated carbocycles. The minimum Gasteiger partial charge on any atom is -0.358 e. The van der Waals surface area contributed by atoms with Crippen LogP contribution in [0.1, 0.15) is 37.9 Å². The van der Waals surface area contributed by atoms with Gasteiger partial charge in [0.2, 0.25) is 5.91 Å². The summed E-state index contributed by atoms with van der Waals surface area (Å²) in [6, 6.07) is 3.96. The Balaban J connectivity index is 1.60. The number of carbonyl (C=O) groups is 1. The van der Waals surface area contributed by atoms with Gasteiger partial charge >= 0.3 is 0 Å². The number of rotatable bonds is 7. The van der Waals surface area contributed by atoms with Crippen molar-refractivity contribution < 1.29 is 9.32 Å². The van der Waals surface area contributed by atoms with Crippen molar-refractivity contribution in [2.45, 2.75) is 39.0 Å². The van der Waals surface area contributed by atoms with E-state index in [1.165, 1.54) is 4.68 Å². The Kier molecular flexibility index (Phi) is 6.05. The number of nitrogens with two attached hydrogens (primary N) is 1. The number of hydrogen-bond donors (Lipinski definition) is 3. The zero-order valence-electron chi connectivity index (χ0n) is 19.0. The molecule has 2 unspecified atom stereocenters. The van der Waals surface area contributed by atoms with Crippen LogP contribution in [0.2, 0.25) is 0 Å². The van der Waals surface area contributed by atoms with Crippen molar-refractivity contribution in [2.24, 2.45) is 16.6 Å². The monoisotopic (exact) mass is 449 g/mol. The molecule has 0 spiro atoms. The van der Waals surface area contributed by atoms with Crippen LogP contribution in [0.25, 0.3) is 17.0 Å². The SMILES string of the molecule is CNC(=O)Cn1cc(-c2nc(C(C)(c3ccc(C4=CNC(N)N=C4)nc3)C(C)C)no2)cn1. The summed E-state index contributed by atoms with van der Waals surface area (Å²) in [6.45, 7) is 6.39. The fourth-order valence-corrected chi connectivity index (χ4v) is 3.49. The molecular weight excluding hydrogens is 422 g/mol. The van der Waals surface area contributed by atoms with Gasteiger partial charge in [0.15, 0.2) is 12.1 Å². The summed E-state index contributed by atoms with van der Waals surface area (Å²) in [4.78, 5) is 25.0. The molecule has 0 saturated heterocycles. The molecule has 11 nitrogen and oxygen atoms in total. The highest BCUT2D eigenvalue weighted by Gasteiger charge is 2.38. The normalized spacial score (nSPS) is 17.4. The summed E-state index contributed by atoms with van der Waals surface area (Å²) in [5.41, 5.74) is 8.41. The third-order valence-electron chi connectivity index (χ3n) is 5.95. The van der Waals surface area contributed by atoms with Crippen LogP contribution in [0.5, 0.6) is 0 Å². The second kappa shape index (κ2) is 8.94. The third kappa shape index (κ3) is 4.40. The zero-order chi connectivity index (χ0) is 23.6. The van der Waals surface area contributed by atoms with Crippen LogP contribution in [0.3, 0.4) is 0 Å². The minimum absolute atomic E-state index is 0.113. The van der Waals surface area contributed by atoms with E-state index in [4.69, 9.17) is 10.3 Å². The first-order valence-electron chi connectivity index (χ1n) is 10.6. The zero-order valence-corrected chi connectivity index (χ0v) is 19.0. The van der Waals surface area contributed by atoms with Gasteiger partial charge in [-0.1, -0.05) is 25.1 Å². The summed E-state index contributed by atoms with van der Waals surface area (Å²) in [7, 11) is 1.58. The van der Waals surface area contributed by atoms with E-state index in [9.17, 15) is 4.79 Å². The lowest BCUT2D eigenvalue weighted by atomic mass is 9.73. The van der Waals surface area contributed by atoms with Gasteiger partial charge in [0, 0.05) is 37.4 Å². The van der Waals surface area contributed by atoms with Crippen molar-refractivity contribution in [1.82, 2.24) is 35.5 Å². The first-order valence-corrected chi connectivity index (χ1v) is 10.6. The molecule has 2 atom stereocenters. The van der Waals surface area contributed by atoms with Gasteiger partial charge in [-0.2, -0.15) is 10.1 Å². The Morgan fingerprint density at radius 3 is 2.82 bits per heavy atom. The molecule has 0 radical (unpaired) electrons. The number of nitrogens with one attached hydrogen (secondary N) is 2. The summed E-state index contributed by atoms with van der Waals surface area (Å²) < 4.78 is 7.08. The Morgan fingerprint density at radius 2 is 2.18 bits per heavy atom. The molecule has 11 heteroatoms. The smallest absolute Gasteiger partial charge is 0.261 e. The first kappa shape index (κ1) is 22.3. The van der Waals surface area contributed by atoms with Gasteiger partial charge in [-0.15, -0.1) is 0 Å². The number of likely N-dealkylation sites (N-methyl/N-ethyl adjacent to an activating group) is 1. The second-order valence-corrected chi connectivity index (χ2v) is 8.30. The van der Waals surface area contributed by atoms with E-state index in [2.05, 4.69) is 56.6 Å². The van der Waals surface area contributed by atoms with Crippen molar-refractivity contribution in [3.05, 3.63) is 54.0 Å². The summed E-state index contributed by atoms with van der Waals surface area (Å²) in [5, 5.41) is 14.0. The van der Waals surface area contributed by atoms with Gasteiger partial charge in [-0.05, 0) is 24.5 Å². The lowest BCUT2D eigenvalue weighted by Gasteiger charge is -2.30. The van der Waals surface area contributed by atoms with Crippen LogP contribution < -0.4 is 16.4 Å². The van der Waals surface area contributed by atoms with E-state index in [1.807, 2.05) is 18.3 Å². The molecule has 4 heterocycles. The quantitative estimate of drug-likeness (QED) is 0.488. The number of amides is 1. The van der Waals surface area contributed by atoms with E-state index in [1.54, 1.807) is 31.9 Å². The highest BCUT2D eigenvalue weighted by atomic mass is 16.5. The maximum absolute atomic E-state index is 11.6. The van der Waals surface area contributed by atoms with Gasteiger partial charge in [0.1, 0.15) is 6.54 Å². The number of allylic oxidation sites excluding steroid dienone is 1. The molecule has 1 amide bonds. The number of hydrogen-bond acceptors (Lipinski definition) is 9. The first-order chi connectivity index (χ1) is 15.8. The third-order valence-corrected chi connectivity index (χ3v) is 5.95. The topological polar surface area (TPSA) is 149 Å². The molecule has 0 fully saturated rings. The van der Waals surface area contributed by atoms with Gasteiger partial charge < -0.3 is 15.2 Å². The van der Waals surface area contributed by atoms with Gasteiger partial charge in [-0.3, -0.25) is 25.2 Å². The fraction of sp³-hybridized carbons (Fsp3) is 0.364. The largest absolute Gasteiger partial charge is 0.358 e. The van der Waals surface area contributed by atoms with Crippen LogP contribution in [0.15, 0.2) is 46.4 Å². The van der Waals surface area contributed by atoms with Gasteiger partial charge in [0.05, 0.1) is 22.9 Å². The van der Waals surface area contributed by atoms with E-state index in [-0.39, 0.29) is 18.4 Å². The van der Waals surface area contributed by atoms with Crippen LogP contribution in [-0.4, -0.2) is 50.4 Å². The summed E-state index contributed by atoms with van der Waals surface area (Å²) in [6.07, 6.45) is 8.21. The second-order valence-electron chi connectivity index (χ2n) is 8.30. The van der Waals surface area contributed by atoms with E-state index in [0.717, 1.165) is 16.8 Å². The van der Waals surface area contributed by atoms with Crippen molar-refractivity contribution in [2.75, 3.05) is 7.05 Å². The fourth-order valence-electron chi connectivity index (χ4n) is 3.49. The van der Waals surface area contributed by atoms with Gasteiger partial charge in [-0.25, -0.2) is 0 Å². The number of aliphatic imine (C=N–C) groups is 1. The predicted octanol–water partition coefficient (Wildman–Crippen LogP) is 1.29. The Morgan fingerprint density at radius 1 is 1.36 bits per heavy atom. The highest BCUT2D eigenvalue weighted by molar-refractivity contribution is 6.09. The average molecular weight is 450 g/mol. The number of aromatic nitrogens is 5. The Bertz CT molecular complexity index is 1190. The minimum atomic E-state index is -0.541. The van der Waals surface area contributed by atoms with Crippen molar-refractivity contribution in [3.63, 3.8) is 0 Å². The van der Waals surface area contributed by atoms with E-state index in [0.29, 0.717) is 17.3 Å². The lowest BCUT2D eigenvalue weighted by Crippen LogP contribution is -2.34. The van der Waals surface area contributed by atoms with Gasteiger partial charge in [0.25, 0.3) is 5.89 Å². The van der Waals surface area contributed by atoms with Crippen molar-refractivity contribution in [3.8, 4) is 11.5 Å². The molecule has 4 rings (SSSR count). The number of carbonyl (C=O) groups excluding carboxylic acids is 1.